The third kappa shape index (κ3) is 3.08. The summed E-state index contributed by atoms with van der Waals surface area (Å²) in [5, 5.41) is 6.46. The minimum absolute atomic E-state index is 0.304. The second kappa shape index (κ2) is 7.28. The fourth-order valence-corrected chi connectivity index (χ4v) is 4.42. The van der Waals surface area contributed by atoms with Gasteiger partial charge in [0.15, 0.2) is 0 Å². The first-order valence-corrected chi connectivity index (χ1v) is 10.2. The highest BCUT2D eigenvalue weighted by Gasteiger charge is 2.48. The highest BCUT2D eigenvalue weighted by Crippen LogP contribution is 2.34. The van der Waals surface area contributed by atoms with Crippen molar-refractivity contribution in [2.24, 2.45) is 5.10 Å². The van der Waals surface area contributed by atoms with Crippen molar-refractivity contribution in [3.63, 3.8) is 0 Å². The van der Waals surface area contributed by atoms with Gasteiger partial charge in [-0.3, -0.25) is 14.5 Å². The number of urea groups is 1. The zero-order valence-electron chi connectivity index (χ0n) is 16.0. The lowest BCUT2D eigenvalue weighted by molar-refractivity contribution is -0.138. The molecule has 1 aromatic heterocycles. The Bertz CT molecular complexity index is 1010. The molecule has 3 aliphatic heterocycles. The van der Waals surface area contributed by atoms with E-state index in [0.717, 1.165) is 16.9 Å². The first-order valence-electron chi connectivity index (χ1n) is 9.84. The molecule has 5 rings (SSSR count). The normalized spacial score (nSPS) is 23.4. The molecule has 0 N–H and O–H groups in total. The third-order valence-corrected chi connectivity index (χ3v) is 6.04. The van der Waals surface area contributed by atoms with Crippen molar-refractivity contribution in [1.29, 1.82) is 0 Å². The summed E-state index contributed by atoms with van der Waals surface area (Å²) in [6, 6.07) is 9.48. The van der Waals surface area contributed by atoms with Gasteiger partial charge in [-0.15, -0.1) is 0 Å². The van der Waals surface area contributed by atoms with Gasteiger partial charge in [0.25, 0.3) is 11.8 Å². The van der Waals surface area contributed by atoms with Crippen molar-refractivity contribution in [3.05, 3.63) is 59.0 Å². The van der Waals surface area contributed by atoms with Crippen LogP contribution in [0.5, 0.6) is 0 Å². The molecule has 2 saturated heterocycles. The molecule has 2 fully saturated rings. The molecule has 2 atom stereocenters. The number of carbonyl (C=O) groups excluding carboxylic acids is 3. The molecule has 30 heavy (non-hydrogen) atoms. The predicted octanol–water partition coefficient (Wildman–Crippen LogP) is 3.04. The number of benzene rings is 1. The molecule has 2 aromatic rings. The van der Waals surface area contributed by atoms with Crippen LogP contribution in [0.15, 0.2) is 52.2 Å². The van der Waals surface area contributed by atoms with Crippen LogP contribution in [-0.4, -0.2) is 57.5 Å². The molecular formula is C21H19ClN4O4. The number of amides is 4. The van der Waals surface area contributed by atoms with Crippen LogP contribution < -0.4 is 0 Å². The molecule has 154 valence electrons. The number of furan rings is 1. The number of carbonyl (C=O) groups is 3. The van der Waals surface area contributed by atoms with Gasteiger partial charge in [-0.2, -0.15) is 5.10 Å². The minimum Gasteiger partial charge on any atom is -0.467 e. The number of halogens is 1. The van der Waals surface area contributed by atoms with Crippen molar-refractivity contribution in [2.45, 2.75) is 31.3 Å². The Balaban J connectivity index is 1.41. The molecule has 0 spiro atoms. The zero-order chi connectivity index (χ0) is 20.8. The van der Waals surface area contributed by atoms with Gasteiger partial charge in [0, 0.05) is 18.0 Å². The molecular weight excluding hydrogens is 408 g/mol. The van der Waals surface area contributed by atoms with E-state index in [9.17, 15) is 14.4 Å². The summed E-state index contributed by atoms with van der Waals surface area (Å²) in [6.45, 7) is 0.219. The molecule has 0 aliphatic carbocycles. The molecule has 8 nitrogen and oxygen atoms in total. The van der Waals surface area contributed by atoms with Crippen molar-refractivity contribution in [3.8, 4) is 0 Å². The number of imide groups is 1. The average Bonchev–Trinajstić information content (AvgIpc) is 3.52. The van der Waals surface area contributed by atoms with Gasteiger partial charge in [-0.25, -0.2) is 9.80 Å². The fraction of sp³-hybridized carbons (Fsp3) is 0.333. The summed E-state index contributed by atoms with van der Waals surface area (Å²) in [5.74, 6) is -0.138. The maximum Gasteiger partial charge on any atom is 0.327 e. The lowest BCUT2D eigenvalue weighted by atomic mass is 10.0. The number of hydrogen-bond donors (Lipinski definition) is 0. The third-order valence-electron chi connectivity index (χ3n) is 5.79. The van der Waals surface area contributed by atoms with Crippen LogP contribution in [0.25, 0.3) is 0 Å². The second-order valence-electron chi connectivity index (χ2n) is 7.59. The van der Waals surface area contributed by atoms with Crippen molar-refractivity contribution in [1.82, 2.24) is 14.8 Å². The van der Waals surface area contributed by atoms with E-state index in [0.29, 0.717) is 35.9 Å². The number of nitrogens with zero attached hydrogens (tertiary/aromatic N) is 4. The van der Waals surface area contributed by atoms with Crippen LogP contribution in [0.3, 0.4) is 0 Å². The Kier molecular flexibility index (Phi) is 4.58. The van der Waals surface area contributed by atoms with Crippen LogP contribution in [0.1, 0.15) is 36.6 Å². The molecule has 3 aliphatic rings. The molecule has 0 saturated carbocycles. The quantitative estimate of drug-likeness (QED) is 0.703. The minimum atomic E-state index is -0.439. The first kappa shape index (κ1) is 18.9. The van der Waals surface area contributed by atoms with Crippen molar-refractivity contribution < 1.29 is 18.8 Å². The number of fused-ring (bicyclic) bond motifs is 1. The fourth-order valence-electron chi connectivity index (χ4n) is 4.29. The van der Waals surface area contributed by atoms with Crippen LogP contribution in [0.2, 0.25) is 5.02 Å². The predicted molar refractivity (Wildman–Crippen MR) is 108 cm³/mol. The number of hydrazone groups is 1. The average molecular weight is 427 g/mol. The maximum atomic E-state index is 13.1. The Hall–Kier alpha value is -3.13. The summed E-state index contributed by atoms with van der Waals surface area (Å²) >= 11 is 5.98. The number of rotatable bonds is 4. The lowest BCUT2D eigenvalue weighted by Gasteiger charge is -2.22. The van der Waals surface area contributed by atoms with E-state index in [1.54, 1.807) is 35.4 Å². The van der Waals surface area contributed by atoms with E-state index in [1.165, 1.54) is 5.01 Å². The monoisotopic (exact) mass is 426 g/mol. The van der Waals surface area contributed by atoms with Gasteiger partial charge in [0.2, 0.25) is 0 Å². The van der Waals surface area contributed by atoms with E-state index in [2.05, 4.69) is 5.10 Å². The van der Waals surface area contributed by atoms with Crippen LogP contribution in [0, 0.1) is 0 Å². The summed E-state index contributed by atoms with van der Waals surface area (Å²) in [6.07, 6.45) is 3.45. The largest absolute Gasteiger partial charge is 0.467 e. The van der Waals surface area contributed by atoms with E-state index >= 15 is 0 Å². The van der Waals surface area contributed by atoms with Gasteiger partial charge in [-0.05, 0) is 42.7 Å². The first-order chi connectivity index (χ1) is 14.5. The summed E-state index contributed by atoms with van der Waals surface area (Å²) in [7, 11) is 0. The molecule has 1 aromatic carbocycles. The van der Waals surface area contributed by atoms with E-state index < -0.39 is 24.0 Å². The SMILES string of the molecule is O=C1C2CCCN2C(=O)N1CC(=O)N1N=C(c2ccc(Cl)cc2)CC1c1ccco1. The highest BCUT2D eigenvalue weighted by molar-refractivity contribution is 6.30. The molecule has 4 heterocycles. The Morgan fingerprint density at radius 1 is 1.17 bits per heavy atom. The van der Waals surface area contributed by atoms with Crippen LogP contribution in [0.4, 0.5) is 4.79 Å². The highest BCUT2D eigenvalue weighted by atomic mass is 35.5. The van der Waals surface area contributed by atoms with Crippen LogP contribution >= 0.6 is 11.6 Å². The molecule has 4 amide bonds. The van der Waals surface area contributed by atoms with Crippen molar-refractivity contribution in [2.75, 3.05) is 13.1 Å². The second-order valence-corrected chi connectivity index (χ2v) is 8.02. The van der Waals surface area contributed by atoms with E-state index in [4.69, 9.17) is 16.0 Å². The smallest absolute Gasteiger partial charge is 0.327 e. The van der Waals surface area contributed by atoms with Gasteiger partial charge in [0.05, 0.1) is 12.0 Å². The lowest BCUT2D eigenvalue weighted by Crippen LogP contribution is -2.42. The van der Waals surface area contributed by atoms with Crippen molar-refractivity contribution >= 4 is 35.2 Å². The Morgan fingerprint density at radius 2 is 1.97 bits per heavy atom. The van der Waals surface area contributed by atoms with Gasteiger partial charge in [0.1, 0.15) is 24.4 Å². The number of hydrogen-bond acceptors (Lipinski definition) is 5. The summed E-state index contributed by atoms with van der Waals surface area (Å²) in [5.41, 5.74) is 1.56. The Morgan fingerprint density at radius 3 is 2.67 bits per heavy atom. The molecule has 0 radical (unpaired) electrons. The van der Waals surface area contributed by atoms with Crippen LogP contribution in [-0.2, 0) is 9.59 Å². The summed E-state index contributed by atoms with van der Waals surface area (Å²) in [4.78, 5) is 40.9. The van der Waals surface area contributed by atoms with E-state index in [-0.39, 0.29) is 12.5 Å². The summed E-state index contributed by atoms with van der Waals surface area (Å²) < 4.78 is 5.53. The Labute approximate surface area is 177 Å². The zero-order valence-corrected chi connectivity index (χ0v) is 16.8. The molecule has 0 bridgehead atoms. The molecule has 9 heteroatoms. The maximum absolute atomic E-state index is 13.1. The van der Waals surface area contributed by atoms with Gasteiger partial charge < -0.3 is 9.32 Å². The van der Waals surface area contributed by atoms with Gasteiger partial charge >= 0.3 is 6.03 Å². The standard InChI is InChI=1S/C21H19ClN4O4/c22-14-7-5-13(6-8-14)15-11-17(18-4-2-10-30-18)26(23-15)19(27)12-25-20(28)16-3-1-9-24(16)21(25)29/h2,4-8,10,16-17H,1,3,9,11-12H2. The topological polar surface area (TPSA) is 86.4 Å². The van der Waals surface area contributed by atoms with E-state index in [1.807, 2.05) is 12.1 Å². The molecule has 2 unspecified atom stereocenters. The van der Waals surface area contributed by atoms with Gasteiger partial charge in [-0.1, -0.05) is 23.7 Å².